The number of hydrogen-bond acceptors (Lipinski definition) is 9. The van der Waals surface area contributed by atoms with Crippen LogP contribution in [-0.2, 0) is 35.7 Å². The molecule has 2 bridgehead atoms. The quantitative estimate of drug-likeness (QED) is 0.474. The number of benzene rings is 2. The van der Waals surface area contributed by atoms with E-state index in [1.165, 1.54) is 0 Å². The molecule has 10 nitrogen and oxygen atoms in total. The number of aliphatic hydroxyl groups is 1. The van der Waals surface area contributed by atoms with E-state index in [-0.39, 0.29) is 25.3 Å². The van der Waals surface area contributed by atoms with Crippen molar-refractivity contribution >= 4 is 17.9 Å². The van der Waals surface area contributed by atoms with E-state index in [2.05, 4.69) is 4.90 Å². The first-order valence-electron chi connectivity index (χ1n) is 13.4. The number of ether oxygens (including phenoxy) is 4. The normalized spacial score (nSPS) is 28.4. The van der Waals surface area contributed by atoms with Crippen LogP contribution in [0.1, 0.15) is 48.5 Å². The summed E-state index contributed by atoms with van der Waals surface area (Å²) in [5.41, 5.74) is 0.394. The third-order valence-corrected chi connectivity index (χ3v) is 8.90. The molecule has 0 radical (unpaired) electrons. The highest BCUT2D eigenvalue weighted by molar-refractivity contribution is 5.82. The molecule has 2 aromatic rings. The summed E-state index contributed by atoms with van der Waals surface area (Å²) in [5, 5.41) is 21.7. The maximum atomic E-state index is 12.9. The molecule has 1 saturated heterocycles. The molecule has 5 atom stereocenters. The van der Waals surface area contributed by atoms with Crippen LogP contribution in [0, 0.1) is 0 Å². The molecule has 4 aliphatic rings. The Morgan fingerprint density at radius 3 is 2.60 bits per heavy atom. The molecular formula is C30H31NO9. The minimum atomic E-state index is -1.47. The van der Waals surface area contributed by atoms with Gasteiger partial charge in [0.2, 0.25) is 6.10 Å². The number of carbonyl (C=O) groups excluding carboxylic acids is 2. The van der Waals surface area contributed by atoms with Gasteiger partial charge in [-0.3, -0.25) is 9.59 Å². The van der Waals surface area contributed by atoms with Crippen LogP contribution < -0.4 is 9.47 Å². The van der Waals surface area contributed by atoms with Crippen LogP contribution in [0.3, 0.4) is 0 Å². The van der Waals surface area contributed by atoms with Crippen molar-refractivity contribution in [3.63, 3.8) is 0 Å². The number of methoxy groups -OCH3 is 1. The molecule has 2 aromatic carbocycles. The molecule has 1 unspecified atom stereocenters. The maximum Gasteiger partial charge on any atom is 0.349 e. The first-order chi connectivity index (χ1) is 19.2. The Balaban J connectivity index is 1.20. The van der Waals surface area contributed by atoms with E-state index in [1.807, 2.05) is 19.2 Å². The van der Waals surface area contributed by atoms with Crippen molar-refractivity contribution < 1.29 is 43.5 Å². The van der Waals surface area contributed by atoms with Gasteiger partial charge in [0, 0.05) is 23.6 Å². The fourth-order valence-electron chi connectivity index (χ4n) is 7.05. The molecule has 2 heterocycles. The number of piperidine rings is 1. The number of likely N-dealkylation sites (N-methyl/N-ethyl adjacent to an activating group) is 1. The molecule has 0 saturated carbocycles. The van der Waals surface area contributed by atoms with Crippen LogP contribution in [-0.4, -0.2) is 71.5 Å². The van der Waals surface area contributed by atoms with E-state index < -0.39 is 41.1 Å². The first-order valence-corrected chi connectivity index (χ1v) is 13.4. The number of hydrogen-bond donors (Lipinski definition) is 2. The van der Waals surface area contributed by atoms with E-state index in [0.29, 0.717) is 35.7 Å². The highest BCUT2D eigenvalue weighted by Crippen LogP contribution is 2.65. The summed E-state index contributed by atoms with van der Waals surface area (Å²) in [7, 11) is 3.58. The number of carbonyl (C=O) groups is 3. The number of nitrogens with zero attached hydrogens (tertiary/aromatic N) is 1. The zero-order valence-electron chi connectivity index (χ0n) is 22.3. The van der Waals surface area contributed by atoms with Gasteiger partial charge in [0.1, 0.15) is 5.76 Å². The van der Waals surface area contributed by atoms with Crippen LogP contribution in [0.25, 0.3) is 0 Å². The highest BCUT2D eigenvalue weighted by Gasteiger charge is 2.72. The van der Waals surface area contributed by atoms with Crippen LogP contribution >= 0.6 is 0 Å². The monoisotopic (exact) mass is 549 g/mol. The minimum absolute atomic E-state index is 0.130. The molecule has 0 amide bonds. The van der Waals surface area contributed by atoms with Gasteiger partial charge in [-0.1, -0.05) is 36.4 Å². The second-order valence-electron chi connectivity index (χ2n) is 10.9. The van der Waals surface area contributed by atoms with Gasteiger partial charge in [0.05, 0.1) is 31.0 Å². The number of rotatable bonds is 8. The van der Waals surface area contributed by atoms with E-state index in [4.69, 9.17) is 18.9 Å². The summed E-state index contributed by atoms with van der Waals surface area (Å²) in [6, 6.07) is 11.9. The number of carboxylic acids is 1. The largest absolute Gasteiger partial charge is 0.493 e. The second-order valence-corrected chi connectivity index (χ2v) is 10.9. The lowest BCUT2D eigenvalue weighted by atomic mass is 9.50. The third-order valence-electron chi connectivity index (χ3n) is 8.90. The Kier molecular flexibility index (Phi) is 6.35. The number of likely N-dealkylation sites (tertiary alicyclic amines) is 1. The zero-order chi connectivity index (χ0) is 28.2. The molecule has 210 valence electrons. The maximum absolute atomic E-state index is 12.9. The van der Waals surface area contributed by atoms with Crippen molar-refractivity contribution in [1.82, 2.24) is 4.90 Å². The lowest BCUT2D eigenvalue weighted by Gasteiger charge is -2.61. The van der Waals surface area contributed by atoms with Gasteiger partial charge in [0.25, 0.3) is 0 Å². The topological polar surface area (TPSA) is 132 Å². The van der Waals surface area contributed by atoms with Crippen molar-refractivity contribution in [2.45, 2.75) is 61.4 Å². The van der Waals surface area contributed by atoms with Crippen LogP contribution in [0.2, 0.25) is 0 Å². The molecule has 2 aliphatic heterocycles. The van der Waals surface area contributed by atoms with Gasteiger partial charge in [-0.2, -0.15) is 0 Å². The lowest BCUT2D eigenvalue weighted by Crippen LogP contribution is -2.74. The molecular weight excluding hydrogens is 518 g/mol. The SMILES string of the molecule is COc1ccc2c3c1O[C@H]1C(OC(=O)CCC(=O)O[C@H](C(=O)O)c4ccccc4)=CC[C@@]4(O)C(C2)N(C)CC[C@]314. The fraction of sp³-hybridized carbons (Fsp3) is 0.433. The Hall–Kier alpha value is -3.89. The Bertz CT molecular complexity index is 1410. The second kappa shape index (κ2) is 9.64. The third kappa shape index (κ3) is 3.81. The van der Waals surface area contributed by atoms with E-state index in [0.717, 1.165) is 17.7 Å². The van der Waals surface area contributed by atoms with Gasteiger partial charge in [-0.15, -0.1) is 0 Å². The van der Waals surface area contributed by atoms with Gasteiger partial charge in [-0.05, 0) is 44.1 Å². The van der Waals surface area contributed by atoms with Gasteiger partial charge in [0.15, 0.2) is 17.6 Å². The van der Waals surface area contributed by atoms with Crippen molar-refractivity contribution in [1.29, 1.82) is 0 Å². The number of esters is 2. The summed E-state index contributed by atoms with van der Waals surface area (Å²) in [4.78, 5) is 39.2. The van der Waals surface area contributed by atoms with Crippen molar-refractivity contribution in [2.24, 2.45) is 0 Å². The minimum Gasteiger partial charge on any atom is -0.493 e. The van der Waals surface area contributed by atoms with Crippen LogP contribution in [0.4, 0.5) is 0 Å². The molecule has 40 heavy (non-hydrogen) atoms. The molecule has 2 aliphatic carbocycles. The summed E-state index contributed by atoms with van der Waals surface area (Å²) < 4.78 is 23.0. The Morgan fingerprint density at radius 1 is 1.12 bits per heavy atom. The van der Waals surface area contributed by atoms with E-state index in [9.17, 15) is 24.6 Å². The highest BCUT2D eigenvalue weighted by atomic mass is 16.6. The van der Waals surface area contributed by atoms with Gasteiger partial charge >= 0.3 is 17.9 Å². The first kappa shape index (κ1) is 26.3. The molecule has 10 heteroatoms. The van der Waals surface area contributed by atoms with E-state index in [1.54, 1.807) is 43.5 Å². The molecule has 2 N–H and O–H groups in total. The summed E-state index contributed by atoms with van der Waals surface area (Å²) in [6.07, 6.45) is 0.389. The zero-order valence-corrected chi connectivity index (χ0v) is 22.3. The lowest BCUT2D eigenvalue weighted by molar-refractivity contribution is -0.170. The predicted octanol–water partition coefficient (Wildman–Crippen LogP) is 2.67. The molecule has 1 spiro atoms. The molecule has 0 aromatic heterocycles. The number of carboxylic acid groups (broad SMARTS) is 1. The summed E-state index contributed by atoms with van der Waals surface area (Å²) >= 11 is 0. The predicted molar refractivity (Wildman–Crippen MR) is 140 cm³/mol. The fourth-order valence-corrected chi connectivity index (χ4v) is 7.05. The summed E-state index contributed by atoms with van der Waals surface area (Å²) in [5.74, 6) is -1.39. The molecule has 6 rings (SSSR count). The number of aliphatic carboxylic acids is 1. The summed E-state index contributed by atoms with van der Waals surface area (Å²) in [6.45, 7) is 0.738. The smallest absolute Gasteiger partial charge is 0.349 e. The van der Waals surface area contributed by atoms with Crippen LogP contribution in [0.15, 0.2) is 54.3 Å². The van der Waals surface area contributed by atoms with Gasteiger partial charge in [-0.25, -0.2) is 4.79 Å². The Morgan fingerprint density at radius 2 is 1.88 bits per heavy atom. The van der Waals surface area contributed by atoms with Crippen molar-refractivity contribution in [2.75, 3.05) is 20.7 Å². The van der Waals surface area contributed by atoms with Crippen LogP contribution in [0.5, 0.6) is 11.5 Å². The standard InChI is InChI=1S/C30H31NO9/c1-31-15-14-29-24-18-8-9-19(37-2)26(24)40-27(29)20(12-13-30(29,36)21(31)16-18)38-22(32)10-11-23(33)39-25(28(34)35)17-6-4-3-5-7-17/h3-9,12,21,25,27,36H,10-11,13-16H2,1-2H3,(H,34,35)/t21?,25-,27-,29-,30+/m0/s1. The van der Waals surface area contributed by atoms with Crippen molar-refractivity contribution in [3.05, 3.63) is 71.0 Å². The van der Waals surface area contributed by atoms with Crippen molar-refractivity contribution in [3.8, 4) is 11.5 Å². The Labute approximate surface area is 231 Å². The average Bonchev–Trinajstić information content (AvgIpc) is 3.30. The van der Waals surface area contributed by atoms with E-state index >= 15 is 0 Å². The average molecular weight is 550 g/mol. The molecule has 1 fully saturated rings. The van der Waals surface area contributed by atoms with Gasteiger partial charge < -0.3 is 34.1 Å².